The summed E-state index contributed by atoms with van der Waals surface area (Å²) in [7, 11) is 1.84. The van der Waals surface area contributed by atoms with Gasteiger partial charge in [-0.1, -0.05) is 24.3 Å². The number of rotatable bonds is 5. The number of carbonyl (C=O) groups excluding carboxylic acids is 1. The Balaban J connectivity index is 1.67. The van der Waals surface area contributed by atoms with Crippen molar-refractivity contribution in [3.8, 4) is 0 Å². The van der Waals surface area contributed by atoms with Crippen LogP contribution in [0, 0.1) is 0 Å². The van der Waals surface area contributed by atoms with Crippen LogP contribution >= 0.6 is 0 Å². The second-order valence-corrected chi connectivity index (χ2v) is 5.99. The summed E-state index contributed by atoms with van der Waals surface area (Å²) < 4.78 is 1.70. The van der Waals surface area contributed by atoms with Crippen LogP contribution in [-0.2, 0) is 18.4 Å². The Labute approximate surface area is 135 Å². The van der Waals surface area contributed by atoms with E-state index in [1.54, 1.807) is 15.8 Å². The van der Waals surface area contributed by atoms with Crippen LogP contribution in [0.1, 0.15) is 30.5 Å². The molecule has 0 bridgehead atoms. The van der Waals surface area contributed by atoms with Crippen LogP contribution in [0.5, 0.6) is 0 Å². The van der Waals surface area contributed by atoms with Gasteiger partial charge in [0.1, 0.15) is 0 Å². The largest absolute Gasteiger partial charge is 0.392 e. The minimum Gasteiger partial charge on any atom is -0.392 e. The first kappa shape index (κ1) is 15.7. The van der Waals surface area contributed by atoms with Gasteiger partial charge in [-0.25, -0.2) is 0 Å². The molecule has 0 aliphatic carbocycles. The van der Waals surface area contributed by atoms with Gasteiger partial charge in [-0.15, -0.1) is 0 Å². The Hall–Kier alpha value is -2.18. The van der Waals surface area contributed by atoms with E-state index in [0.29, 0.717) is 6.54 Å². The molecule has 2 aromatic rings. The zero-order valence-corrected chi connectivity index (χ0v) is 13.4. The summed E-state index contributed by atoms with van der Waals surface area (Å²) in [5.74, 6) is 0.0863. The third-order valence-electron chi connectivity index (χ3n) is 4.29. The molecule has 1 amide bonds. The zero-order chi connectivity index (χ0) is 16.4. The van der Waals surface area contributed by atoms with Gasteiger partial charge in [0.05, 0.1) is 24.5 Å². The van der Waals surface area contributed by atoms with Crippen LogP contribution < -0.4 is 10.2 Å². The molecular weight excluding hydrogens is 292 g/mol. The highest BCUT2D eigenvalue weighted by atomic mass is 16.3. The molecule has 0 saturated carbocycles. The smallest absolute Gasteiger partial charge is 0.244 e. The monoisotopic (exact) mass is 314 g/mol. The standard InChI is InChI=1S/C17H22N4O2/c1-12(14-5-3-4-13(8-14)11-22)19-16-6-7-21(17(16)23)15-9-18-20(2)10-15/h3-5,8-10,12,16,19,22H,6-7,11H2,1-2H3. The molecule has 1 aromatic carbocycles. The van der Waals surface area contributed by atoms with E-state index in [1.807, 2.05) is 44.4 Å². The lowest BCUT2D eigenvalue weighted by Gasteiger charge is -2.20. The molecule has 2 atom stereocenters. The first-order chi connectivity index (χ1) is 11.1. The van der Waals surface area contributed by atoms with E-state index in [9.17, 15) is 9.90 Å². The van der Waals surface area contributed by atoms with Crippen molar-refractivity contribution in [2.24, 2.45) is 7.05 Å². The number of amides is 1. The van der Waals surface area contributed by atoms with Crippen LogP contribution in [0.3, 0.4) is 0 Å². The maximum atomic E-state index is 12.6. The number of aromatic nitrogens is 2. The van der Waals surface area contributed by atoms with E-state index < -0.39 is 0 Å². The van der Waals surface area contributed by atoms with Gasteiger partial charge < -0.3 is 10.0 Å². The number of hydrogen-bond donors (Lipinski definition) is 2. The Morgan fingerprint density at radius 2 is 2.30 bits per heavy atom. The summed E-state index contributed by atoms with van der Waals surface area (Å²) in [6.07, 6.45) is 4.35. The van der Waals surface area contributed by atoms with Gasteiger partial charge in [-0.3, -0.25) is 14.8 Å². The maximum Gasteiger partial charge on any atom is 0.244 e. The lowest BCUT2D eigenvalue weighted by atomic mass is 10.0. The van der Waals surface area contributed by atoms with E-state index in [1.165, 1.54) is 0 Å². The van der Waals surface area contributed by atoms with E-state index in [2.05, 4.69) is 10.4 Å². The van der Waals surface area contributed by atoms with Crippen molar-refractivity contribution in [2.45, 2.75) is 32.0 Å². The molecule has 6 nitrogen and oxygen atoms in total. The predicted molar refractivity (Wildman–Crippen MR) is 87.9 cm³/mol. The number of aliphatic hydroxyl groups excluding tert-OH is 1. The molecule has 2 unspecified atom stereocenters. The van der Waals surface area contributed by atoms with Gasteiger partial charge in [-0.2, -0.15) is 5.10 Å². The quantitative estimate of drug-likeness (QED) is 0.874. The second-order valence-electron chi connectivity index (χ2n) is 5.99. The lowest BCUT2D eigenvalue weighted by Crippen LogP contribution is -2.39. The number of nitrogens with one attached hydrogen (secondary N) is 1. The van der Waals surface area contributed by atoms with Gasteiger partial charge in [0.25, 0.3) is 0 Å². The van der Waals surface area contributed by atoms with E-state index >= 15 is 0 Å². The molecule has 1 aliphatic heterocycles. The number of carbonyl (C=O) groups is 1. The number of aryl methyl sites for hydroxylation is 1. The number of benzene rings is 1. The first-order valence-electron chi connectivity index (χ1n) is 7.84. The van der Waals surface area contributed by atoms with Crippen molar-refractivity contribution in [2.75, 3.05) is 11.4 Å². The van der Waals surface area contributed by atoms with Crippen molar-refractivity contribution >= 4 is 11.6 Å². The third kappa shape index (κ3) is 3.28. The summed E-state index contributed by atoms with van der Waals surface area (Å²) in [6.45, 7) is 2.76. The topological polar surface area (TPSA) is 70.4 Å². The molecule has 1 aliphatic rings. The van der Waals surface area contributed by atoms with E-state index in [0.717, 1.165) is 23.2 Å². The van der Waals surface area contributed by atoms with Crippen molar-refractivity contribution in [1.82, 2.24) is 15.1 Å². The average molecular weight is 314 g/mol. The van der Waals surface area contributed by atoms with Crippen molar-refractivity contribution in [3.05, 3.63) is 47.8 Å². The van der Waals surface area contributed by atoms with Gasteiger partial charge >= 0.3 is 0 Å². The van der Waals surface area contributed by atoms with E-state index in [4.69, 9.17) is 0 Å². The summed E-state index contributed by atoms with van der Waals surface area (Å²) >= 11 is 0. The first-order valence-corrected chi connectivity index (χ1v) is 7.84. The lowest BCUT2D eigenvalue weighted by molar-refractivity contribution is -0.119. The van der Waals surface area contributed by atoms with Crippen molar-refractivity contribution in [3.63, 3.8) is 0 Å². The molecule has 1 saturated heterocycles. The SMILES string of the molecule is CC(NC1CCN(c2cnn(C)c2)C1=O)c1cccc(CO)c1. The Morgan fingerprint density at radius 3 is 3.00 bits per heavy atom. The van der Waals surface area contributed by atoms with Crippen molar-refractivity contribution < 1.29 is 9.90 Å². The summed E-state index contributed by atoms with van der Waals surface area (Å²) in [5.41, 5.74) is 2.80. The van der Waals surface area contributed by atoms with Gasteiger partial charge in [0.15, 0.2) is 0 Å². The molecule has 0 spiro atoms. The summed E-state index contributed by atoms with van der Waals surface area (Å²) in [6, 6.07) is 7.65. The maximum absolute atomic E-state index is 12.6. The van der Waals surface area contributed by atoms with Crippen LogP contribution in [0.25, 0.3) is 0 Å². The number of anilines is 1. The summed E-state index contributed by atoms with van der Waals surface area (Å²) in [5, 5.41) is 16.8. The third-order valence-corrected chi connectivity index (χ3v) is 4.29. The summed E-state index contributed by atoms with van der Waals surface area (Å²) in [4.78, 5) is 14.4. The van der Waals surface area contributed by atoms with Crippen LogP contribution in [-0.4, -0.2) is 33.4 Å². The molecule has 23 heavy (non-hydrogen) atoms. The fourth-order valence-corrected chi connectivity index (χ4v) is 3.00. The molecule has 2 N–H and O–H groups in total. The van der Waals surface area contributed by atoms with Gasteiger partial charge in [0.2, 0.25) is 5.91 Å². The van der Waals surface area contributed by atoms with E-state index in [-0.39, 0.29) is 24.6 Å². The Bertz CT molecular complexity index is 697. The highest BCUT2D eigenvalue weighted by Crippen LogP contribution is 2.23. The van der Waals surface area contributed by atoms with Crippen LogP contribution in [0.4, 0.5) is 5.69 Å². The zero-order valence-electron chi connectivity index (χ0n) is 13.4. The second kappa shape index (κ2) is 6.52. The van der Waals surface area contributed by atoms with Crippen molar-refractivity contribution in [1.29, 1.82) is 0 Å². The van der Waals surface area contributed by atoms with Crippen LogP contribution in [0.15, 0.2) is 36.7 Å². The molecule has 1 aromatic heterocycles. The minimum absolute atomic E-state index is 0.0255. The molecule has 122 valence electrons. The van der Waals surface area contributed by atoms with Gasteiger partial charge in [0, 0.05) is 25.8 Å². The fourth-order valence-electron chi connectivity index (χ4n) is 3.00. The molecule has 3 rings (SSSR count). The number of aliphatic hydroxyl groups is 1. The average Bonchev–Trinajstić information content (AvgIpc) is 3.14. The Kier molecular flexibility index (Phi) is 4.45. The molecular formula is C17H22N4O2. The van der Waals surface area contributed by atoms with Crippen LogP contribution in [0.2, 0.25) is 0 Å². The number of hydrogen-bond acceptors (Lipinski definition) is 4. The highest BCUT2D eigenvalue weighted by molar-refractivity contribution is 5.99. The predicted octanol–water partition coefficient (Wildman–Crippen LogP) is 1.37. The normalized spacial score (nSPS) is 19.3. The Morgan fingerprint density at radius 1 is 1.48 bits per heavy atom. The number of nitrogens with zero attached hydrogens (tertiary/aromatic N) is 3. The molecule has 1 fully saturated rings. The highest BCUT2D eigenvalue weighted by Gasteiger charge is 2.33. The molecule has 2 heterocycles. The minimum atomic E-state index is -0.192. The molecule has 6 heteroatoms. The van der Waals surface area contributed by atoms with Gasteiger partial charge in [-0.05, 0) is 24.5 Å². The fraction of sp³-hybridized carbons (Fsp3) is 0.412. The molecule has 0 radical (unpaired) electrons.